The van der Waals surface area contributed by atoms with E-state index in [0.29, 0.717) is 19.0 Å². The van der Waals surface area contributed by atoms with Gasteiger partial charge in [-0.1, -0.05) is 24.3 Å². The lowest BCUT2D eigenvalue weighted by Crippen LogP contribution is -2.41. The number of nitrogens with zero attached hydrogens (tertiary/aromatic N) is 3. The number of piperidine rings is 1. The molecule has 0 radical (unpaired) electrons. The Morgan fingerprint density at radius 3 is 2.67 bits per heavy atom. The Bertz CT molecular complexity index is 932. The first-order valence-corrected chi connectivity index (χ1v) is 9.25. The number of halogens is 1. The maximum absolute atomic E-state index is 13.6. The summed E-state index contributed by atoms with van der Waals surface area (Å²) in [5.41, 5.74) is 2.16. The lowest BCUT2D eigenvalue weighted by atomic mass is 9.96. The van der Waals surface area contributed by atoms with Crippen molar-refractivity contribution in [3.63, 3.8) is 0 Å². The second-order valence-corrected chi connectivity index (χ2v) is 6.93. The molecule has 1 aliphatic rings. The number of likely N-dealkylation sites (tertiary alicyclic amines) is 1. The van der Waals surface area contributed by atoms with E-state index in [1.54, 1.807) is 12.1 Å². The fourth-order valence-electron chi connectivity index (χ4n) is 3.59. The summed E-state index contributed by atoms with van der Waals surface area (Å²) in [7, 11) is 0. The highest BCUT2D eigenvalue weighted by Gasteiger charge is 2.24. The van der Waals surface area contributed by atoms with Crippen molar-refractivity contribution in [3.8, 4) is 5.75 Å². The SMILES string of the molecule is O=C(COc1ccccc1F)N1CCC(Cn2cnc3ccccc32)CC1. The molecule has 0 N–H and O–H groups in total. The summed E-state index contributed by atoms with van der Waals surface area (Å²) in [6, 6.07) is 14.3. The van der Waals surface area contributed by atoms with Crippen LogP contribution in [0.4, 0.5) is 4.39 Å². The first-order chi connectivity index (χ1) is 13.2. The van der Waals surface area contributed by atoms with Crippen molar-refractivity contribution < 1.29 is 13.9 Å². The molecule has 0 saturated carbocycles. The molecule has 1 aromatic heterocycles. The van der Waals surface area contributed by atoms with Crippen molar-refractivity contribution in [1.29, 1.82) is 0 Å². The van der Waals surface area contributed by atoms with Crippen LogP contribution in [0.5, 0.6) is 5.75 Å². The molecule has 4 rings (SSSR count). The van der Waals surface area contributed by atoms with E-state index in [-0.39, 0.29) is 18.3 Å². The monoisotopic (exact) mass is 367 g/mol. The predicted molar refractivity (Wildman–Crippen MR) is 101 cm³/mol. The van der Waals surface area contributed by atoms with E-state index in [2.05, 4.69) is 15.6 Å². The number of benzene rings is 2. The lowest BCUT2D eigenvalue weighted by Gasteiger charge is -2.32. The number of imidazole rings is 1. The highest BCUT2D eigenvalue weighted by atomic mass is 19.1. The van der Waals surface area contributed by atoms with Crippen molar-refractivity contribution >= 4 is 16.9 Å². The largest absolute Gasteiger partial charge is 0.481 e. The number of ether oxygens (including phenoxy) is 1. The Morgan fingerprint density at radius 2 is 1.85 bits per heavy atom. The summed E-state index contributed by atoms with van der Waals surface area (Å²) < 4.78 is 21.1. The molecular weight excluding hydrogens is 345 g/mol. The molecule has 5 nitrogen and oxygen atoms in total. The van der Waals surface area contributed by atoms with Gasteiger partial charge >= 0.3 is 0 Å². The van der Waals surface area contributed by atoms with Gasteiger partial charge in [-0.3, -0.25) is 4.79 Å². The predicted octanol–water partition coefficient (Wildman–Crippen LogP) is 3.49. The number of fused-ring (bicyclic) bond motifs is 1. The molecule has 1 aliphatic heterocycles. The molecule has 0 unspecified atom stereocenters. The van der Waals surface area contributed by atoms with Gasteiger partial charge in [0.25, 0.3) is 5.91 Å². The van der Waals surface area contributed by atoms with Gasteiger partial charge < -0.3 is 14.2 Å². The van der Waals surface area contributed by atoms with Crippen LogP contribution in [0.15, 0.2) is 54.9 Å². The summed E-state index contributed by atoms with van der Waals surface area (Å²) in [6.45, 7) is 2.19. The number of carbonyl (C=O) groups excluding carboxylic acids is 1. The quantitative estimate of drug-likeness (QED) is 0.694. The molecule has 0 aliphatic carbocycles. The molecular formula is C21H22FN3O2. The van der Waals surface area contributed by atoms with Crippen LogP contribution in [0.1, 0.15) is 12.8 Å². The molecule has 1 amide bonds. The molecule has 2 aromatic carbocycles. The van der Waals surface area contributed by atoms with Gasteiger partial charge in [-0.25, -0.2) is 9.37 Å². The third kappa shape index (κ3) is 3.94. The van der Waals surface area contributed by atoms with Crippen molar-refractivity contribution in [2.24, 2.45) is 5.92 Å². The molecule has 3 aromatic rings. The Balaban J connectivity index is 1.28. The van der Waals surface area contributed by atoms with Crippen LogP contribution < -0.4 is 4.74 Å². The van der Waals surface area contributed by atoms with Gasteiger partial charge in [0.1, 0.15) is 0 Å². The third-order valence-electron chi connectivity index (χ3n) is 5.14. The minimum absolute atomic E-state index is 0.0928. The van der Waals surface area contributed by atoms with Crippen LogP contribution in [-0.2, 0) is 11.3 Å². The smallest absolute Gasteiger partial charge is 0.260 e. The summed E-state index contributed by atoms with van der Waals surface area (Å²) in [6.07, 6.45) is 3.78. The molecule has 140 valence electrons. The summed E-state index contributed by atoms with van der Waals surface area (Å²) in [5, 5.41) is 0. The van der Waals surface area contributed by atoms with E-state index < -0.39 is 5.82 Å². The van der Waals surface area contributed by atoms with Crippen LogP contribution in [0.3, 0.4) is 0 Å². The second-order valence-electron chi connectivity index (χ2n) is 6.93. The molecule has 6 heteroatoms. The van der Waals surface area contributed by atoms with Gasteiger partial charge in [0, 0.05) is 19.6 Å². The van der Waals surface area contributed by atoms with E-state index in [1.165, 1.54) is 12.1 Å². The Labute approximate surface area is 157 Å². The average Bonchev–Trinajstić information content (AvgIpc) is 3.11. The number of carbonyl (C=O) groups is 1. The highest BCUT2D eigenvalue weighted by molar-refractivity contribution is 5.78. The number of aromatic nitrogens is 2. The number of rotatable bonds is 5. The maximum atomic E-state index is 13.6. The fourth-order valence-corrected chi connectivity index (χ4v) is 3.59. The van der Waals surface area contributed by atoms with E-state index in [1.807, 2.05) is 29.4 Å². The number of hydrogen-bond donors (Lipinski definition) is 0. The van der Waals surface area contributed by atoms with E-state index in [9.17, 15) is 9.18 Å². The summed E-state index contributed by atoms with van der Waals surface area (Å²) >= 11 is 0. The zero-order valence-corrected chi connectivity index (χ0v) is 15.1. The third-order valence-corrected chi connectivity index (χ3v) is 5.14. The van der Waals surface area contributed by atoms with Gasteiger partial charge in [-0.15, -0.1) is 0 Å². The lowest BCUT2D eigenvalue weighted by molar-refractivity contribution is -0.134. The molecule has 2 heterocycles. The molecule has 0 atom stereocenters. The minimum Gasteiger partial charge on any atom is -0.481 e. The van der Waals surface area contributed by atoms with Crippen molar-refractivity contribution in [3.05, 3.63) is 60.7 Å². The van der Waals surface area contributed by atoms with E-state index in [0.717, 1.165) is 30.4 Å². The summed E-state index contributed by atoms with van der Waals surface area (Å²) in [4.78, 5) is 18.6. The zero-order chi connectivity index (χ0) is 18.6. The first-order valence-electron chi connectivity index (χ1n) is 9.25. The van der Waals surface area contributed by atoms with Crippen LogP contribution in [0.25, 0.3) is 11.0 Å². The highest BCUT2D eigenvalue weighted by Crippen LogP contribution is 2.22. The normalized spacial score (nSPS) is 15.2. The molecule has 1 saturated heterocycles. The fraction of sp³-hybridized carbons (Fsp3) is 0.333. The number of para-hydroxylation sites is 3. The molecule has 0 spiro atoms. The van der Waals surface area contributed by atoms with Crippen LogP contribution in [-0.4, -0.2) is 40.1 Å². The Hall–Kier alpha value is -2.89. The standard InChI is InChI=1S/C21H22FN3O2/c22-17-5-1-4-8-20(17)27-14-21(26)24-11-9-16(10-12-24)13-25-15-23-18-6-2-3-7-19(18)25/h1-8,15-16H,9-14H2. The molecule has 1 fully saturated rings. The van der Waals surface area contributed by atoms with E-state index in [4.69, 9.17) is 4.74 Å². The van der Waals surface area contributed by atoms with Crippen LogP contribution >= 0.6 is 0 Å². The van der Waals surface area contributed by atoms with Crippen LogP contribution in [0.2, 0.25) is 0 Å². The van der Waals surface area contributed by atoms with Crippen LogP contribution in [0, 0.1) is 11.7 Å². The van der Waals surface area contributed by atoms with Gasteiger partial charge in [0.05, 0.1) is 17.4 Å². The van der Waals surface area contributed by atoms with Crippen molar-refractivity contribution in [2.45, 2.75) is 19.4 Å². The Kier molecular flexibility index (Phi) is 5.05. The topological polar surface area (TPSA) is 47.4 Å². The second kappa shape index (κ2) is 7.78. The van der Waals surface area contributed by atoms with Crippen molar-refractivity contribution in [2.75, 3.05) is 19.7 Å². The molecule has 0 bridgehead atoms. The zero-order valence-electron chi connectivity index (χ0n) is 15.1. The van der Waals surface area contributed by atoms with E-state index >= 15 is 0 Å². The van der Waals surface area contributed by atoms with Crippen molar-refractivity contribution in [1.82, 2.24) is 14.5 Å². The van der Waals surface area contributed by atoms with Gasteiger partial charge in [0.15, 0.2) is 18.2 Å². The average molecular weight is 367 g/mol. The minimum atomic E-state index is -0.448. The van der Waals surface area contributed by atoms with Gasteiger partial charge in [-0.05, 0) is 43.0 Å². The number of hydrogen-bond acceptors (Lipinski definition) is 3. The van der Waals surface area contributed by atoms with Gasteiger partial charge in [-0.2, -0.15) is 0 Å². The maximum Gasteiger partial charge on any atom is 0.260 e. The Morgan fingerprint density at radius 1 is 1.11 bits per heavy atom. The first kappa shape index (κ1) is 17.5. The van der Waals surface area contributed by atoms with Gasteiger partial charge in [0.2, 0.25) is 0 Å². The molecule has 27 heavy (non-hydrogen) atoms. The summed E-state index contributed by atoms with van der Waals surface area (Å²) in [5.74, 6) is 0.0909. The number of amides is 1.